The fourth-order valence-corrected chi connectivity index (χ4v) is 6.14. The molecule has 1 unspecified atom stereocenters. The largest absolute Gasteiger partial charge is 0.462 e. The molecule has 0 bridgehead atoms. The number of carbonyl (C=O) groups excluding carboxylic acids is 3. The van der Waals surface area contributed by atoms with Crippen molar-refractivity contribution < 1.29 is 23.9 Å². The molecule has 0 radical (unpaired) electrons. The number of esters is 1. The average Bonchev–Trinajstić information content (AvgIpc) is 3.29. The lowest BCUT2D eigenvalue weighted by Crippen LogP contribution is -2.52. The minimum absolute atomic E-state index is 0.0507. The van der Waals surface area contributed by atoms with Crippen LogP contribution in [0, 0.1) is 11.8 Å². The van der Waals surface area contributed by atoms with E-state index in [-0.39, 0.29) is 30.1 Å². The summed E-state index contributed by atoms with van der Waals surface area (Å²) in [5.41, 5.74) is 1.16. The monoisotopic (exact) mass is 499 g/mol. The van der Waals surface area contributed by atoms with Gasteiger partial charge in [-0.05, 0) is 82.3 Å². The van der Waals surface area contributed by atoms with Gasteiger partial charge in [-0.3, -0.25) is 9.59 Å². The number of nitrogens with zero attached hydrogens (tertiary/aromatic N) is 3. The molecule has 2 amide bonds. The highest BCUT2D eigenvalue weighted by molar-refractivity contribution is 6.00. The number of methoxy groups -OCH3 is 1. The van der Waals surface area contributed by atoms with E-state index in [1.807, 2.05) is 4.90 Å². The van der Waals surface area contributed by atoms with Crippen molar-refractivity contribution in [3.63, 3.8) is 0 Å². The Bertz CT molecular complexity index is 903. The van der Waals surface area contributed by atoms with Gasteiger partial charge in [0.1, 0.15) is 0 Å². The van der Waals surface area contributed by atoms with E-state index >= 15 is 0 Å². The predicted molar refractivity (Wildman–Crippen MR) is 138 cm³/mol. The van der Waals surface area contributed by atoms with E-state index in [2.05, 4.69) is 4.90 Å². The highest BCUT2D eigenvalue weighted by atomic mass is 16.5. The molecule has 0 aromatic heterocycles. The number of hydrogen-bond acceptors (Lipinski definition) is 6. The summed E-state index contributed by atoms with van der Waals surface area (Å²) in [7, 11) is 1.69. The first-order valence-corrected chi connectivity index (χ1v) is 13.6. The quantitative estimate of drug-likeness (QED) is 0.363. The van der Waals surface area contributed by atoms with Gasteiger partial charge in [0.15, 0.2) is 0 Å². The Morgan fingerprint density at radius 3 is 2.61 bits per heavy atom. The van der Waals surface area contributed by atoms with Gasteiger partial charge >= 0.3 is 5.97 Å². The van der Waals surface area contributed by atoms with Gasteiger partial charge in [-0.2, -0.15) is 0 Å². The smallest absolute Gasteiger partial charge is 0.338 e. The Balaban J connectivity index is 1.42. The zero-order chi connectivity index (χ0) is 25.5. The van der Waals surface area contributed by atoms with Crippen LogP contribution in [0.2, 0.25) is 0 Å². The van der Waals surface area contributed by atoms with E-state index in [0.717, 1.165) is 19.4 Å². The number of benzene rings is 1. The van der Waals surface area contributed by atoms with E-state index in [9.17, 15) is 14.4 Å². The van der Waals surface area contributed by atoms with Crippen LogP contribution >= 0.6 is 0 Å². The van der Waals surface area contributed by atoms with Gasteiger partial charge in [0.2, 0.25) is 11.8 Å². The molecule has 3 atom stereocenters. The Morgan fingerprint density at radius 1 is 1.08 bits per heavy atom. The minimum Gasteiger partial charge on any atom is -0.462 e. The van der Waals surface area contributed by atoms with Crippen molar-refractivity contribution in [2.75, 3.05) is 57.9 Å². The summed E-state index contributed by atoms with van der Waals surface area (Å²) in [6.07, 6.45) is 7.15. The topological polar surface area (TPSA) is 79.4 Å². The molecule has 3 fully saturated rings. The van der Waals surface area contributed by atoms with Gasteiger partial charge in [0, 0.05) is 51.5 Å². The lowest BCUT2D eigenvalue weighted by atomic mass is 9.83. The molecule has 1 aromatic carbocycles. The van der Waals surface area contributed by atoms with E-state index in [4.69, 9.17) is 9.47 Å². The van der Waals surface area contributed by atoms with Gasteiger partial charge in [0.05, 0.1) is 18.1 Å². The van der Waals surface area contributed by atoms with Crippen molar-refractivity contribution in [2.24, 2.45) is 11.8 Å². The van der Waals surface area contributed by atoms with Gasteiger partial charge in [-0.25, -0.2) is 4.79 Å². The summed E-state index contributed by atoms with van der Waals surface area (Å²) < 4.78 is 10.3. The van der Waals surface area contributed by atoms with Crippen molar-refractivity contribution in [1.29, 1.82) is 0 Å². The third-order valence-corrected chi connectivity index (χ3v) is 7.94. The van der Waals surface area contributed by atoms with Crippen molar-refractivity contribution in [3.05, 3.63) is 29.8 Å². The van der Waals surface area contributed by atoms with Crippen molar-refractivity contribution in [3.8, 4) is 0 Å². The first-order valence-electron chi connectivity index (χ1n) is 13.6. The summed E-state index contributed by atoms with van der Waals surface area (Å²) in [5.74, 6) is -0.205. The molecule has 0 saturated carbocycles. The van der Waals surface area contributed by atoms with E-state index in [1.165, 1.54) is 38.8 Å². The number of amides is 2. The Labute approximate surface area is 214 Å². The average molecular weight is 500 g/mol. The molecule has 3 heterocycles. The van der Waals surface area contributed by atoms with Gasteiger partial charge in [-0.15, -0.1) is 0 Å². The summed E-state index contributed by atoms with van der Waals surface area (Å²) in [6.45, 7) is 6.86. The molecule has 3 aliphatic rings. The lowest BCUT2D eigenvalue weighted by molar-refractivity contribution is -0.137. The molecule has 36 heavy (non-hydrogen) atoms. The van der Waals surface area contributed by atoms with E-state index in [1.54, 1.807) is 43.2 Å². The van der Waals surface area contributed by atoms with Crippen molar-refractivity contribution >= 4 is 23.5 Å². The first kappa shape index (κ1) is 26.6. The molecule has 4 rings (SSSR count). The number of hydrogen-bond donors (Lipinski definition) is 0. The predicted octanol–water partition coefficient (Wildman–Crippen LogP) is 3.35. The second kappa shape index (κ2) is 12.7. The van der Waals surface area contributed by atoms with Crippen LogP contribution in [-0.2, 0) is 19.1 Å². The third-order valence-electron chi connectivity index (χ3n) is 7.94. The summed E-state index contributed by atoms with van der Waals surface area (Å²) in [4.78, 5) is 44.9. The normalized spacial score (nSPS) is 24.4. The maximum atomic E-state index is 13.7. The number of piperidine rings is 2. The molecule has 1 aromatic rings. The Hall–Kier alpha value is -2.45. The number of ether oxygens (including phenoxy) is 2. The molecule has 8 heteroatoms. The van der Waals surface area contributed by atoms with E-state index in [0.29, 0.717) is 49.5 Å². The zero-order valence-electron chi connectivity index (χ0n) is 21.8. The molecule has 198 valence electrons. The molecule has 8 nitrogen and oxygen atoms in total. The SMILES string of the molecule is CCOC(=O)c1ccc(N2CC(C(=O)N(CCCOC)C[C@@H]3CCCN4CCCC[C@H]34)CC2=O)cc1. The molecular weight excluding hydrogens is 458 g/mol. The Morgan fingerprint density at radius 2 is 1.86 bits per heavy atom. The number of anilines is 1. The van der Waals surface area contributed by atoms with Crippen molar-refractivity contribution in [2.45, 2.75) is 57.9 Å². The highest BCUT2D eigenvalue weighted by Gasteiger charge is 2.39. The second-order valence-electron chi connectivity index (χ2n) is 10.3. The van der Waals surface area contributed by atoms with Crippen LogP contribution in [0.25, 0.3) is 0 Å². The van der Waals surface area contributed by atoms with Crippen LogP contribution in [-0.4, -0.2) is 86.7 Å². The van der Waals surface area contributed by atoms with Gasteiger partial charge < -0.3 is 24.2 Å². The standard InChI is InChI=1S/C28H41N3O5/c1-3-36-28(34)21-10-12-24(13-11-21)31-20-23(18-26(31)32)27(33)30(16-7-17-35-2)19-22-8-6-15-29-14-5-4-9-25(22)29/h10-13,22-23,25H,3-9,14-20H2,1-2H3/t22-,23?,25+/m0/s1. The molecule has 0 aliphatic carbocycles. The number of rotatable bonds is 10. The lowest BCUT2D eigenvalue weighted by Gasteiger charge is -2.46. The van der Waals surface area contributed by atoms with Gasteiger partial charge in [-0.1, -0.05) is 6.42 Å². The first-order chi connectivity index (χ1) is 17.5. The zero-order valence-corrected chi connectivity index (χ0v) is 21.8. The second-order valence-corrected chi connectivity index (χ2v) is 10.3. The highest BCUT2D eigenvalue weighted by Crippen LogP contribution is 2.33. The number of carbonyl (C=O) groups is 3. The molecule has 0 N–H and O–H groups in total. The third kappa shape index (κ3) is 6.27. The fraction of sp³-hybridized carbons (Fsp3) is 0.679. The minimum atomic E-state index is -0.379. The van der Waals surface area contributed by atoms with Crippen LogP contribution in [0.3, 0.4) is 0 Å². The summed E-state index contributed by atoms with van der Waals surface area (Å²) >= 11 is 0. The summed E-state index contributed by atoms with van der Waals surface area (Å²) in [5, 5.41) is 0. The van der Waals surface area contributed by atoms with Gasteiger partial charge in [0.25, 0.3) is 0 Å². The van der Waals surface area contributed by atoms with Crippen LogP contribution < -0.4 is 4.90 Å². The van der Waals surface area contributed by atoms with Crippen LogP contribution in [0.1, 0.15) is 62.2 Å². The van der Waals surface area contributed by atoms with Crippen LogP contribution in [0.15, 0.2) is 24.3 Å². The summed E-state index contributed by atoms with van der Waals surface area (Å²) in [6, 6.07) is 7.43. The molecule has 3 saturated heterocycles. The van der Waals surface area contributed by atoms with Crippen LogP contribution in [0.5, 0.6) is 0 Å². The fourth-order valence-electron chi connectivity index (χ4n) is 6.14. The maximum absolute atomic E-state index is 13.7. The Kier molecular flexibility index (Phi) is 9.37. The molecule has 0 spiro atoms. The van der Waals surface area contributed by atoms with E-state index < -0.39 is 0 Å². The van der Waals surface area contributed by atoms with Crippen molar-refractivity contribution in [1.82, 2.24) is 9.80 Å². The molecular formula is C28H41N3O5. The van der Waals surface area contributed by atoms with Crippen LogP contribution in [0.4, 0.5) is 5.69 Å². The molecule has 3 aliphatic heterocycles. The maximum Gasteiger partial charge on any atom is 0.338 e. The number of fused-ring (bicyclic) bond motifs is 1.